The number of sulfonamides is 1. The zero-order valence-electron chi connectivity index (χ0n) is 18.4. The number of halogens is 1. The highest BCUT2D eigenvalue weighted by Crippen LogP contribution is 2.26. The predicted molar refractivity (Wildman–Crippen MR) is 122 cm³/mol. The van der Waals surface area contributed by atoms with E-state index in [4.69, 9.17) is 16.3 Å². The molecule has 0 aliphatic carbocycles. The number of anilines is 1. The Balaban J connectivity index is 1.74. The third-order valence-electron chi connectivity index (χ3n) is 4.49. The van der Waals surface area contributed by atoms with Gasteiger partial charge in [-0.15, -0.1) is 10.2 Å². The third kappa shape index (κ3) is 6.42. The van der Waals surface area contributed by atoms with Crippen molar-refractivity contribution in [1.29, 1.82) is 0 Å². The summed E-state index contributed by atoms with van der Waals surface area (Å²) < 4.78 is 36.6. The van der Waals surface area contributed by atoms with Crippen molar-refractivity contribution in [2.75, 3.05) is 18.1 Å². The second-order valence-corrected chi connectivity index (χ2v) is 9.66. The predicted octanol–water partition coefficient (Wildman–Crippen LogP) is 3.30. The maximum Gasteiger partial charge on any atom is 0.285 e. The van der Waals surface area contributed by atoms with Gasteiger partial charge in [0.2, 0.25) is 0 Å². The van der Waals surface area contributed by atoms with Crippen LogP contribution in [0.5, 0.6) is 5.75 Å². The third-order valence-corrected chi connectivity index (χ3v) is 6.00. The Kier molecular flexibility index (Phi) is 7.88. The molecule has 10 nitrogen and oxygen atoms in total. The molecule has 0 spiro atoms. The molecule has 0 saturated heterocycles. The number of rotatable bonds is 10. The molecule has 0 fully saturated rings. The van der Waals surface area contributed by atoms with Gasteiger partial charge in [0.05, 0.1) is 12.8 Å². The number of carbonyl (C=O) groups is 1. The van der Waals surface area contributed by atoms with Crippen molar-refractivity contribution >= 4 is 33.3 Å². The maximum atomic E-state index is 12.3. The van der Waals surface area contributed by atoms with Gasteiger partial charge in [-0.05, 0) is 43.2 Å². The second-order valence-electron chi connectivity index (χ2n) is 7.54. The fourth-order valence-electron chi connectivity index (χ4n) is 2.81. The van der Waals surface area contributed by atoms with Crippen molar-refractivity contribution in [3.05, 3.63) is 59.1 Å². The zero-order valence-corrected chi connectivity index (χ0v) is 19.9. The van der Waals surface area contributed by atoms with Crippen molar-refractivity contribution in [2.24, 2.45) is 5.92 Å². The van der Waals surface area contributed by atoms with Crippen molar-refractivity contribution in [1.82, 2.24) is 20.1 Å². The topological polar surface area (TPSA) is 128 Å². The minimum absolute atomic E-state index is 0.154. The summed E-state index contributed by atoms with van der Waals surface area (Å²) in [6, 6.07) is 8.44. The SMILES string of the molecule is CCN(Cc1cc(Cl)ccc1OCC(C)C)c1ccc(C(=O)NS(=O)(=O)c2cnoc2)nn1. The molecule has 2 aromatic heterocycles. The molecule has 3 aromatic rings. The van der Waals surface area contributed by atoms with Gasteiger partial charge in [0.1, 0.15) is 16.9 Å². The smallest absolute Gasteiger partial charge is 0.285 e. The number of carbonyl (C=O) groups excluding carboxylic acids is 1. The van der Waals surface area contributed by atoms with Crippen molar-refractivity contribution in [3.63, 3.8) is 0 Å². The Morgan fingerprint density at radius 3 is 2.64 bits per heavy atom. The van der Waals surface area contributed by atoms with Crippen LogP contribution in [-0.4, -0.2) is 42.8 Å². The molecule has 1 amide bonds. The van der Waals surface area contributed by atoms with Crippen LogP contribution in [0.3, 0.4) is 0 Å². The number of ether oxygens (including phenoxy) is 1. The van der Waals surface area contributed by atoms with Gasteiger partial charge >= 0.3 is 0 Å². The lowest BCUT2D eigenvalue weighted by Gasteiger charge is -2.23. The minimum atomic E-state index is -4.12. The largest absolute Gasteiger partial charge is 0.493 e. The molecule has 1 aromatic carbocycles. The Morgan fingerprint density at radius 2 is 2.03 bits per heavy atom. The van der Waals surface area contributed by atoms with Gasteiger partial charge < -0.3 is 14.2 Å². The summed E-state index contributed by atoms with van der Waals surface area (Å²) >= 11 is 6.19. The van der Waals surface area contributed by atoms with Crippen LogP contribution in [0.2, 0.25) is 5.02 Å². The van der Waals surface area contributed by atoms with E-state index in [1.54, 1.807) is 12.1 Å². The molecule has 0 aliphatic heterocycles. The van der Waals surface area contributed by atoms with Crippen LogP contribution in [0.1, 0.15) is 36.8 Å². The van der Waals surface area contributed by atoms with E-state index < -0.39 is 15.9 Å². The highest BCUT2D eigenvalue weighted by Gasteiger charge is 2.22. The molecule has 0 radical (unpaired) electrons. The number of amides is 1. The van der Waals surface area contributed by atoms with Crippen molar-refractivity contribution in [2.45, 2.75) is 32.2 Å². The van der Waals surface area contributed by atoms with Gasteiger partial charge in [0.15, 0.2) is 11.5 Å². The molecule has 0 aliphatic rings. The Hall–Kier alpha value is -3.18. The van der Waals surface area contributed by atoms with Crippen molar-refractivity contribution < 1.29 is 22.5 Å². The molecule has 0 saturated carbocycles. The summed E-state index contributed by atoms with van der Waals surface area (Å²) in [7, 11) is -4.12. The van der Waals surface area contributed by atoms with E-state index in [0.29, 0.717) is 36.5 Å². The van der Waals surface area contributed by atoms with Gasteiger partial charge in [-0.2, -0.15) is 0 Å². The summed E-state index contributed by atoms with van der Waals surface area (Å²) in [5.74, 6) is 0.687. The number of hydrogen-bond acceptors (Lipinski definition) is 9. The molecule has 0 unspecified atom stereocenters. The molecule has 33 heavy (non-hydrogen) atoms. The molecular formula is C21H24ClN5O5S. The first-order valence-electron chi connectivity index (χ1n) is 10.2. The first-order valence-corrected chi connectivity index (χ1v) is 12.0. The second kappa shape index (κ2) is 10.6. The Morgan fingerprint density at radius 1 is 1.24 bits per heavy atom. The van der Waals surface area contributed by atoms with Crippen LogP contribution in [0.4, 0.5) is 5.82 Å². The van der Waals surface area contributed by atoms with Crippen LogP contribution in [0, 0.1) is 5.92 Å². The van der Waals surface area contributed by atoms with Gasteiger partial charge in [0, 0.05) is 23.7 Å². The van der Waals surface area contributed by atoms with E-state index in [9.17, 15) is 13.2 Å². The summed E-state index contributed by atoms with van der Waals surface area (Å²) in [6.45, 7) is 7.71. The number of benzene rings is 1. The van der Waals surface area contributed by atoms with Gasteiger partial charge in [-0.25, -0.2) is 13.1 Å². The van der Waals surface area contributed by atoms with Crippen LogP contribution in [-0.2, 0) is 16.6 Å². The average molecular weight is 494 g/mol. The molecule has 176 valence electrons. The number of aromatic nitrogens is 3. The van der Waals surface area contributed by atoms with E-state index in [-0.39, 0.29) is 10.6 Å². The lowest BCUT2D eigenvalue weighted by atomic mass is 10.1. The van der Waals surface area contributed by atoms with Gasteiger partial charge in [-0.3, -0.25) is 4.79 Å². The van der Waals surface area contributed by atoms with E-state index in [1.807, 2.05) is 28.7 Å². The normalized spacial score (nSPS) is 11.4. The first-order chi connectivity index (χ1) is 15.7. The zero-order chi connectivity index (χ0) is 24.0. The summed E-state index contributed by atoms with van der Waals surface area (Å²) in [5, 5.41) is 11.9. The molecule has 0 atom stereocenters. The van der Waals surface area contributed by atoms with Crippen LogP contribution in [0.25, 0.3) is 0 Å². The summed E-state index contributed by atoms with van der Waals surface area (Å²) in [6.07, 6.45) is 1.90. The van der Waals surface area contributed by atoms with Crippen molar-refractivity contribution in [3.8, 4) is 5.75 Å². The van der Waals surface area contributed by atoms with Crippen LogP contribution in [0.15, 0.2) is 52.2 Å². The highest BCUT2D eigenvalue weighted by atomic mass is 35.5. The van der Waals surface area contributed by atoms with Crippen LogP contribution < -0.4 is 14.4 Å². The molecule has 1 N–H and O–H groups in total. The lowest BCUT2D eigenvalue weighted by molar-refractivity contribution is 0.0975. The fraction of sp³-hybridized carbons (Fsp3) is 0.333. The number of nitrogens with zero attached hydrogens (tertiary/aromatic N) is 4. The maximum absolute atomic E-state index is 12.3. The van der Waals surface area contributed by atoms with E-state index >= 15 is 0 Å². The summed E-state index contributed by atoms with van der Waals surface area (Å²) in [4.78, 5) is 14.0. The standard InChI is InChI=1S/C21H24ClN5O5S/c1-4-27(11-15-9-16(22)5-7-19(15)31-12-14(2)3)20-8-6-18(24-25-20)21(28)26-33(29,30)17-10-23-32-13-17/h5-10,13-14H,4,11-12H2,1-3H3,(H,26,28). The first kappa shape index (κ1) is 24.5. The highest BCUT2D eigenvalue weighted by molar-refractivity contribution is 7.90. The summed E-state index contributed by atoms with van der Waals surface area (Å²) in [5.41, 5.74) is 0.729. The number of hydrogen-bond donors (Lipinski definition) is 1. The molecule has 12 heteroatoms. The molecule has 0 bridgehead atoms. The quantitative estimate of drug-likeness (QED) is 0.452. The average Bonchev–Trinajstić information content (AvgIpc) is 3.33. The van der Waals surface area contributed by atoms with E-state index in [2.05, 4.69) is 33.7 Å². The van der Waals surface area contributed by atoms with Gasteiger partial charge in [-0.1, -0.05) is 30.6 Å². The molecular weight excluding hydrogens is 470 g/mol. The van der Waals surface area contributed by atoms with E-state index in [0.717, 1.165) is 23.8 Å². The Labute approximate surface area is 196 Å². The molecule has 2 heterocycles. The molecule has 3 rings (SSSR count). The fourth-order valence-corrected chi connectivity index (χ4v) is 3.82. The van der Waals surface area contributed by atoms with Gasteiger partial charge in [0.25, 0.3) is 15.9 Å². The number of nitrogens with one attached hydrogen (secondary N) is 1. The lowest BCUT2D eigenvalue weighted by Crippen LogP contribution is -2.31. The Bertz CT molecular complexity index is 1180. The monoisotopic (exact) mass is 493 g/mol. The minimum Gasteiger partial charge on any atom is -0.493 e. The van der Waals surface area contributed by atoms with E-state index in [1.165, 1.54) is 6.07 Å². The van der Waals surface area contributed by atoms with Crippen LogP contribution >= 0.6 is 11.6 Å².